The predicted molar refractivity (Wildman–Crippen MR) is 75.7 cm³/mol. The van der Waals surface area contributed by atoms with E-state index in [1.54, 1.807) is 23.4 Å². The normalized spacial score (nSPS) is 36.7. The van der Waals surface area contributed by atoms with Crippen molar-refractivity contribution in [3.63, 3.8) is 0 Å². The Morgan fingerprint density at radius 1 is 1.50 bits per heavy atom. The van der Waals surface area contributed by atoms with Crippen LogP contribution in [-0.4, -0.2) is 45.1 Å². The van der Waals surface area contributed by atoms with E-state index >= 15 is 0 Å². The molecule has 2 saturated heterocycles. The minimum Gasteiger partial charge on any atom is -0.481 e. The number of hydrogen-bond donors (Lipinski definition) is 1. The van der Waals surface area contributed by atoms with Crippen LogP contribution in [0.15, 0.2) is 36.7 Å². The Balaban J connectivity index is 1.68. The van der Waals surface area contributed by atoms with Crippen LogP contribution in [0.3, 0.4) is 0 Å². The van der Waals surface area contributed by atoms with Crippen LogP contribution in [-0.2, 0) is 14.3 Å². The summed E-state index contributed by atoms with van der Waals surface area (Å²) in [6.07, 6.45) is 6.55. The smallest absolute Gasteiger partial charge is 0.310 e. The lowest BCUT2D eigenvalue weighted by atomic mass is 9.77. The van der Waals surface area contributed by atoms with Crippen LogP contribution in [0.1, 0.15) is 18.5 Å². The molecule has 2 fully saturated rings. The van der Waals surface area contributed by atoms with Gasteiger partial charge in [0.15, 0.2) is 0 Å². The fourth-order valence-corrected chi connectivity index (χ4v) is 3.96. The number of rotatable bonds is 3. The van der Waals surface area contributed by atoms with Crippen LogP contribution < -0.4 is 0 Å². The Morgan fingerprint density at radius 3 is 2.91 bits per heavy atom. The molecule has 5 atom stereocenters. The topological polar surface area (TPSA) is 79.7 Å². The first kappa shape index (κ1) is 13.5. The highest BCUT2D eigenvalue weighted by Crippen LogP contribution is 2.53. The van der Waals surface area contributed by atoms with E-state index in [-0.39, 0.29) is 11.9 Å². The molecule has 3 aliphatic heterocycles. The van der Waals surface area contributed by atoms with Crippen LogP contribution in [0.4, 0.5) is 0 Å². The van der Waals surface area contributed by atoms with Crippen molar-refractivity contribution in [2.75, 3.05) is 6.54 Å². The Kier molecular flexibility index (Phi) is 2.69. The van der Waals surface area contributed by atoms with Crippen LogP contribution in [0.5, 0.6) is 0 Å². The number of carboxylic acid groups (broad SMARTS) is 1. The van der Waals surface area contributed by atoms with E-state index in [2.05, 4.69) is 4.98 Å². The summed E-state index contributed by atoms with van der Waals surface area (Å²) in [6, 6.07) is 3.60. The summed E-state index contributed by atoms with van der Waals surface area (Å²) in [5.41, 5.74) is 0.205. The van der Waals surface area contributed by atoms with E-state index in [0.717, 1.165) is 5.56 Å². The van der Waals surface area contributed by atoms with Crippen molar-refractivity contribution in [3.05, 3.63) is 42.2 Å². The van der Waals surface area contributed by atoms with Gasteiger partial charge in [-0.05, 0) is 24.6 Å². The number of aliphatic carboxylic acids is 1. The molecule has 0 unspecified atom stereocenters. The monoisotopic (exact) mass is 300 g/mol. The maximum Gasteiger partial charge on any atom is 0.310 e. The van der Waals surface area contributed by atoms with Crippen molar-refractivity contribution in [2.45, 2.75) is 24.7 Å². The highest BCUT2D eigenvalue weighted by molar-refractivity contribution is 5.91. The van der Waals surface area contributed by atoms with E-state index in [0.29, 0.717) is 6.54 Å². The molecule has 1 N–H and O–H groups in total. The Labute approximate surface area is 127 Å². The average Bonchev–Trinajstić information content (AvgIpc) is 3.15. The van der Waals surface area contributed by atoms with E-state index in [1.807, 2.05) is 25.1 Å². The van der Waals surface area contributed by atoms with Gasteiger partial charge in [0.25, 0.3) is 0 Å². The molecular formula is C16H16N2O4. The van der Waals surface area contributed by atoms with Gasteiger partial charge in [0.2, 0.25) is 5.91 Å². The number of fused-ring (bicyclic) bond motifs is 1. The largest absolute Gasteiger partial charge is 0.481 e. The average molecular weight is 300 g/mol. The molecule has 3 aliphatic rings. The van der Waals surface area contributed by atoms with Crippen LogP contribution in [0, 0.1) is 11.8 Å². The number of ether oxygens (including phenoxy) is 1. The standard InChI is InChI=1S/C16H16N2O4/c1-9(10-3-6-17-7-4-10)18-8-16-5-2-11(22-16)12(15(20)21)13(16)14(18)19/h2-7,9,11-13H,8H2,1H3,(H,20,21)/t9-,11-,12-,13-,16-/m1/s1. The number of amides is 1. The molecule has 1 spiro atoms. The second-order valence-electron chi connectivity index (χ2n) is 6.16. The third-order valence-electron chi connectivity index (χ3n) is 5.07. The summed E-state index contributed by atoms with van der Waals surface area (Å²) in [7, 11) is 0. The summed E-state index contributed by atoms with van der Waals surface area (Å²) < 4.78 is 5.88. The Morgan fingerprint density at radius 2 is 2.23 bits per heavy atom. The van der Waals surface area contributed by atoms with Gasteiger partial charge in [-0.3, -0.25) is 14.6 Å². The molecule has 0 radical (unpaired) electrons. The second kappa shape index (κ2) is 4.39. The number of nitrogens with zero attached hydrogens (tertiary/aromatic N) is 2. The molecule has 1 amide bonds. The van der Waals surface area contributed by atoms with Gasteiger partial charge in [-0.15, -0.1) is 0 Å². The van der Waals surface area contributed by atoms with Gasteiger partial charge in [0, 0.05) is 12.4 Å². The first-order valence-corrected chi connectivity index (χ1v) is 7.34. The molecule has 1 aromatic rings. The second-order valence-corrected chi connectivity index (χ2v) is 6.16. The van der Waals surface area contributed by atoms with Gasteiger partial charge < -0.3 is 14.7 Å². The molecule has 0 aromatic carbocycles. The highest BCUT2D eigenvalue weighted by Gasteiger charge is 2.67. The SMILES string of the molecule is C[C@H](c1ccncc1)N1C[C@@]23C=C[C@@H](O2)[C@@H](C(=O)O)[C@@H]3C1=O. The molecule has 4 rings (SSSR count). The minimum atomic E-state index is -0.965. The quantitative estimate of drug-likeness (QED) is 0.843. The zero-order valence-electron chi connectivity index (χ0n) is 12.0. The molecule has 0 aliphatic carbocycles. The van der Waals surface area contributed by atoms with Crippen molar-refractivity contribution >= 4 is 11.9 Å². The third kappa shape index (κ3) is 1.61. The third-order valence-corrected chi connectivity index (χ3v) is 5.07. The van der Waals surface area contributed by atoms with E-state index in [4.69, 9.17) is 4.74 Å². The zero-order chi connectivity index (χ0) is 15.5. The Bertz CT molecular complexity index is 674. The van der Waals surface area contributed by atoms with E-state index in [9.17, 15) is 14.7 Å². The van der Waals surface area contributed by atoms with Crippen molar-refractivity contribution in [3.8, 4) is 0 Å². The molecule has 4 heterocycles. The first-order chi connectivity index (χ1) is 10.5. The highest BCUT2D eigenvalue weighted by atomic mass is 16.5. The number of hydrogen-bond acceptors (Lipinski definition) is 4. The lowest BCUT2D eigenvalue weighted by molar-refractivity contribution is -0.148. The number of aromatic nitrogens is 1. The van der Waals surface area contributed by atoms with E-state index in [1.165, 1.54) is 0 Å². The number of likely N-dealkylation sites (tertiary alicyclic amines) is 1. The summed E-state index contributed by atoms with van der Waals surface area (Å²) in [6.45, 7) is 2.34. The van der Waals surface area contributed by atoms with Crippen molar-refractivity contribution in [1.29, 1.82) is 0 Å². The zero-order valence-corrected chi connectivity index (χ0v) is 12.0. The summed E-state index contributed by atoms with van der Waals surface area (Å²) >= 11 is 0. The maximum absolute atomic E-state index is 12.8. The summed E-state index contributed by atoms with van der Waals surface area (Å²) in [4.78, 5) is 30.1. The van der Waals surface area contributed by atoms with Crippen LogP contribution >= 0.6 is 0 Å². The molecule has 1 aromatic heterocycles. The number of pyridine rings is 1. The first-order valence-electron chi connectivity index (χ1n) is 7.34. The van der Waals surface area contributed by atoms with Crippen LogP contribution in [0.25, 0.3) is 0 Å². The fraction of sp³-hybridized carbons (Fsp3) is 0.438. The predicted octanol–water partition coefficient (Wildman–Crippen LogP) is 1.01. The molecule has 6 heteroatoms. The molecule has 114 valence electrons. The minimum absolute atomic E-state index is 0.136. The van der Waals surface area contributed by atoms with Gasteiger partial charge in [-0.2, -0.15) is 0 Å². The molecule has 0 saturated carbocycles. The van der Waals surface area contributed by atoms with Gasteiger partial charge in [0.05, 0.1) is 24.6 Å². The maximum atomic E-state index is 12.8. The molecule has 22 heavy (non-hydrogen) atoms. The number of carboxylic acids is 1. The van der Waals surface area contributed by atoms with E-state index < -0.39 is 29.5 Å². The number of carbonyl (C=O) groups is 2. The van der Waals surface area contributed by atoms with Gasteiger partial charge >= 0.3 is 5.97 Å². The lowest BCUT2D eigenvalue weighted by Crippen LogP contribution is -2.39. The van der Waals surface area contributed by atoms with Crippen molar-refractivity contribution in [1.82, 2.24) is 9.88 Å². The van der Waals surface area contributed by atoms with Gasteiger partial charge in [0.1, 0.15) is 11.5 Å². The van der Waals surface area contributed by atoms with Crippen LogP contribution in [0.2, 0.25) is 0 Å². The number of carbonyl (C=O) groups excluding carboxylic acids is 1. The van der Waals surface area contributed by atoms with Gasteiger partial charge in [-0.1, -0.05) is 12.2 Å². The molecule has 2 bridgehead atoms. The fourth-order valence-electron chi connectivity index (χ4n) is 3.96. The van der Waals surface area contributed by atoms with Gasteiger partial charge in [-0.25, -0.2) is 0 Å². The summed E-state index contributed by atoms with van der Waals surface area (Å²) in [5.74, 6) is -2.51. The van der Waals surface area contributed by atoms with Crippen molar-refractivity contribution < 1.29 is 19.4 Å². The van der Waals surface area contributed by atoms with Crippen molar-refractivity contribution in [2.24, 2.45) is 11.8 Å². The summed E-state index contributed by atoms with van der Waals surface area (Å²) in [5, 5.41) is 9.45. The molecule has 6 nitrogen and oxygen atoms in total. The molecular weight excluding hydrogens is 284 g/mol. The Hall–Kier alpha value is -2.21. The lowest BCUT2D eigenvalue weighted by Gasteiger charge is -2.27.